The molecule has 1 N–H and O–H groups in total. The maximum Gasteiger partial charge on any atom is 0.00691 e. The first-order valence-electron chi connectivity index (χ1n) is 7.81. The topological polar surface area (TPSA) is 12.0 Å². The predicted octanol–water partition coefficient (Wildman–Crippen LogP) is 5.11. The van der Waals surface area contributed by atoms with Crippen LogP contribution >= 0.6 is 0 Å². The molecular weight excluding hydrogens is 218 g/mol. The molecule has 0 spiro atoms. The van der Waals surface area contributed by atoms with Gasteiger partial charge in [-0.15, -0.1) is 0 Å². The molecule has 1 nitrogen and oxygen atoms in total. The van der Waals surface area contributed by atoms with E-state index < -0.39 is 0 Å². The third-order valence-corrected chi connectivity index (χ3v) is 3.62. The minimum atomic E-state index is 0.460. The Bertz CT molecular complexity index is 202. The molecule has 0 bridgehead atoms. The SMILES string of the molecule is CNC(CC(C)CC(C)C)CC(C)CC(C)(C)C. The van der Waals surface area contributed by atoms with Gasteiger partial charge in [0.15, 0.2) is 0 Å². The third-order valence-electron chi connectivity index (χ3n) is 3.62. The molecule has 0 saturated carbocycles. The first kappa shape index (κ1) is 18.0. The average molecular weight is 255 g/mol. The highest BCUT2D eigenvalue weighted by Gasteiger charge is 2.20. The first-order chi connectivity index (χ1) is 8.14. The van der Waals surface area contributed by atoms with Crippen LogP contribution in [0.25, 0.3) is 0 Å². The maximum atomic E-state index is 3.52. The summed E-state index contributed by atoms with van der Waals surface area (Å²) in [5.74, 6) is 2.47. The molecule has 3 atom stereocenters. The van der Waals surface area contributed by atoms with E-state index in [1.54, 1.807) is 0 Å². The lowest BCUT2D eigenvalue weighted by Crippen LogP contribution is -2.30. The third kappa shape index (κ3) is 9.94. The fraction of sp³-hybridized carbons (Fsp3) is 1.00. The van der Waals surface area contributed by atoms with E-state index in [1.807, 2.05) is 0 Å². The van der Waals surface area contributed by atoms with Crippen molar-refractivity contribution < 1.29 is 0 Å². The molecule has 1 heteroatoms. The summed E-state index contributed by atoms with van der Waals surface area (Å²) in [5, 5.41) is 3.52. The smallest absolute Gasteiger partial charge is 0.00691 e. The summed E-state index contributed by atoms with van der Waals surface area (Å²) in [6.07, 6.45) is 5.31. The molecule has 0 rings (SSSR count). The summed E-state index contributed by atoms with van der Waals surface area (Å²) in [6, 6.07) is 0.691. The Labute approximate surface area is 116 Å². The Morgan fingerprint density at radius 3 is 1.72 bits per heavy atom. The zero-order valence-electron chi connectivity index (χ0n) is 14.1. The Balaban J connectivity index is 4.10. The Morgan fingerprint density at radius 1 is 0.833 bits per heavy atom. The molecule has 3 unspecified atom stereocenters. The van der Waals surface area contributed by atoms with Gasteiger partial charge < -0.3 is 5.32 Å². The lowest BCUT2D eigenvalue weighted by Gasteiger charge is -2.28. The standard InChI is InChI=1S/C17H37N/c1-13(2)9-14(3)10-16(18-8)11-15(4)12-17(5,6)7/h13-16,18H,9-12H2,1-8H3. The first-order valence-corrected chi connectivity index (χ1v) is 7.81. The van der Waals surface area contributed by atoms with Crippen LogP contribution in [0.5, 0.6) is 0 Å². The normalized spacial score (nSPS) is 17.8. The zero-order chi connectivity index (χ0) is 14.3. The number of nitrogens with one attached hydrogen (secondary N) is 1. The summed E-state index contributed by atoms with van der Waals surface area (Å²) in [7, 11) is 2.12. The fourth-order valence-electron chi connectivity index (χ4n) is 3.33. The molecule has 0 amide bonds. The van der Waals surface area contributed by atoms with Crippen LogP contribution in [0.2, 0.25) is 0 Å². The number of hydrogen-bond acceptors (Lipinski definition) is 1. The Kier molecular flexibility index (Phi) is 8.18. The van der Waals surface area contributed by atoms with E-state index in [-0.39, 0.29) is 0 Å². The zero-order valence-corrected chi connectivity index (χ0v) is 14.1. The van der Waals surface area contributed by atoms with Crippen LogP contribution in [0.4, 0.5) is 0 Å². The highest BCUT2D eigenvalue weighted by atomic mass is 14.9. The van der Waals surface area contributed by atoms with Crippen molar-refractivity contribution in [2.45, 2.75) is 80.2 Å². The molecule has 110 valence electrons. The van der Waals surface area contributed by atoms with Crippen LogP contribution in [0.3, 0.4) is 0 Å². The lowest BCUT2D eigenvalue weighted by atomic mass is 9.81. The van der Waals surface area contributed by atoms with Gasteiger partial charge in [-0.1, -0.05) is 48.5 Å². The Morgan fingerprint density at radius 2 is 1.33 bits per heavy atom. The molecule has 0 saturated heterocycles. The molecule has 0 aromatic heterocycles. The maximum absolute atomic E-state index is 3.52. The van der Waals surface area contributed by atoms with E-state index in [0.717, 1.165) is 17.8 Å². The molecule has 0 aromatic rings. The van der Waals surface area contributed by atoms with Gasteiger partial charge in [-0.25, -0.2) is 0 Å². The Hall–Kier alpha value is -0.0400. The van der Waals surface area contributed by atoms with Crippen LogP contribution in [0.15, 0.2) is 0 Å². The molecule has 0 heterocycles. The molecule has 0 fully saturated rings. The largest absolute Gasteiger partial charge is 0.317 e. The second-order valence-corrected chi connectivity index (χ2v) is 8.06. The average Bonchev–Trinajstić information content (AvgIpc) is 2.11. The molecule has 0 aliphatic carbocycles. The molecule has 18 heavy (non-hydrogen) atoms. The highest BCUT2D eigenvalue weighted by molar-refractivity contribution is 4.75. The lowest BCUT2D eigenvalue weighted by molar-refractivity contribution is 0.260. The van der Waals surface area contributed by atoms with E-state index >= 15 is 0 Å². The van der Waals surface area contributed by atoms with Crippen LogP contribution in [0.1, 0.15) is 74.1 Å². The van der Waals surface area contributed by atoms with Crippen molar-refractivity contribution in [3.63, 3.8) is 0 Å². The van der Waals surface area contributed by atoms with Gasteiger partial charge in [0.2, 0.25) is 0 Å². The van der Waals surface area contributed by atoms with Crippen molar-refractivity contribution in [1.82, 2.24) is 5.32 Å². The predicted molar refractivity (Wildman–Crippen MR) is 83.9 cm³/mol. The molecule has 0 aliphatic heterocycles. The summed E-state index contributed by atoms with van der Waals surface area (Å²) in [5.41, 5.74) is 0.460. The van der Waals surface area contributed by atoms with Crippen molar-refractivity contribution in [1.29, 1.82) is 0 Å². The van der Waals surface area contributed by atoms with Gasteiger partial charge in [-0.2, -0.15) is 0 Å². The van der Waals surface area contributed by atoms with Crippen LogP contribution in [-0.4, -0.2) is 13.1 Å². The van der Waals surface area contributed by atoms with E-state index in [0.29, 0.717) is 11.5 Å². The van der Waals surface area contributed by atoms with Crippen molar-refractivity contribution >= 4 is 0 Å². The van der Waals surface area contributed by atoms with Gasteiger partial charge in [-0.05, 0) is 55.9 Å². The monoisotopic (exact) mass is 255 g/mol. The second-order valence-electron chi connectivity index (χ2n) is 8.06. The summed E-state index contributed by atoms with van der Waals surface area (Å²) >= 11 is 0. The van der Waals surface area contributed by atoms with Crippen molar-refractivity contribution in [3.8, 4) is 0 Å². The minimum absolute atomic E-state index is 0.460. The van der Waals surface area contributed by atoms with E-state index in [2.05, 4.69) is 60.8 Å². The molecule has 0 aromatic carbocycles. The van der Waals surface area contributed by atoms with Gasteiger partial charge in [0.25, 0.3) is 0 Å². The quantitative estimate of drug-likeness (QED) is 0.635. The van der Waals surface area contributed by atoms with Gasteiger partial charge >= 0.3 is 0 Å². The minimum Gasteiger partial charge on any atom is -0.317 e. The van der Waals surface area contributed by atoms with Crippen molar-refractivity contribution in [2.75, 3.05) is 7.05 Å². The van der Waals surface area contributed by atoms with Gasteiger partial charge in [0, 0.05) is 6.04 Å². The van der Waals surface area contributed by atoms with Crippen molar-refractivity contribution in [3.05, 3.63) is 0 Å². The van der Waals surface area contributed by atoms with Gasteiger partial charge in [0.05, 0.1) is 0 Å². The summed E-state index contributed by atoms with van der Waals surface area (Å²) in [6.45, 7) is 16.5. The summed E-state index contributed by atoms with van der Waals surface area (Å²) < 4.78 is 0. The van der Waals surface area contributed by atoms with Gasteiger partial charge in [-0.3, -0.25) is 0 Å². The van der Waals surface area contributed by atoms with E-state index in [4.69, 9.17) is 0 Å². The molecule has 0 aliphatic rings. The van der Waals surface area contributed by atoms with E-state index in [1.165, 1.54) is 25.7 Å². The summed E-state index contributed by atoms with van der Waals surface area (Å²) in [4.78, 5) is 0. The number of rotatable bonds is 8. The van der Waals surface area contributed by atoms with Gasteiger partial charge in [0.1, 0.15) is 0 Å². The fourth-order valence-corrected chi connectivity index (χ4v) is 3.33. The second kappa shape index (κ2) is 8.19. The van der Waals surface area contributed by atoms with E-state index in [9.17, 15) is 0 Å². The number of hydrogen-bond donors (Lipinski definition) is 1. The molecule has 0 radical (unpaired) electrons. The van der Waals surface area contributed by atoms with Crippen molar-refractivity contribution in [2.24, 2.45) is 23.2 Å². The van der Waals surface area contributed by atoms with Crippen LogP contribution in [-0.2, 0) is 0 Å². The van der Waals surface area contributed by atoms with Crippen LogP contribution in [0, 0.1) is 23.2 Å². The molecular formula is C17H37N. The highest BCUT2D eigenvalue weighted by Crippen LogP contribution is 2.28. The van der Waals surface area contributed by atoms with Crippen LogP contribution < -0.4 is 5.32 Å².